The molecule has 1 heterocycles. The largest absolute Gasteiger partial charge is 0.441 e. The number of aromatic nitrogens is 1. The third-order valence-electron chi connectivity index (χ3n) is 2.46. The maximum Gasteiger partial charge on any atom is 0.226 e. The molecule has 0 fully saturated rings. The summed E-state index contributed by atoms with van der Waals surface area (Å²) in [4.78, 5) is 15.4. The van der Waals surface area contributed by atoms with Gasteiger partial charge in [0, 0.05) is 11.3 Å². The second kappa shape index (κ2) is 8.59. The van der Waals surface area contributed by atoms with Gasteiger partial charge in [-0.2, -0.15) is 0 Å². The van der Waals surface area contributed by atoms with Crippen LogP contribution in [0.1, 0.15) is 32.2 Å². The number of thioether (sulfide) groups is 1. The Balaban J connectivity index is 0.000000956. The molecule has 20 heavy (non-hydrogen) atoms. The molecule has 3 nitrogen and oxygen atoms in total. The molecule has 108 valence electrons. The molecule has 0 atom stereocenters. The summed E-state index contributed by atoms with van der Waals surface area (Å²) in [5.74, 6) is 2.88. The van der Waals surface area contributed by atoms with Crippen molar-refractivity contribution in [3.8, 4) is 11.5 Å². The number of aryl methyl sites for hydroxylation is 1. The summed E-state index contributed by atoms with van der Waals surface area (Å²) in [5.41, 5.74) is 1.89. The minimum atomic E-state index is 0.185. The second-order valence-electron chi connectivity index (χ2n) is 4.08. The van der Waals surface area contributed by atoms with E-state index >= 15 is 0 Å². The summed E-state index contributed by atoms with van der Waals surface area (Å²) in [6.07, 6.45) is 0. The summed E-state index contributed by atoms with van der Waals surface area (Å²) >= 11 is 1.57. The van der Waals surface area contributed by atoms with Crippen molar-refractivity contribution in [3.63, 3.8) is 0 Å². The van der Waals surface area contributed by atoms with Crippen LogP contribution in [0.2, 0.25) is 0 Å². The molecule has 2 rings (SSSR count). The molecule has 0 saturated carbocycles. The molecule has 0 unspecified atom stereocenters. The smallest absolute Gasteiger partial charge is 0.226 e. The van der Waals surface area contributed by atoms with Crippen LogP contribution in [0.5, 0.6) is 0 Å². The Hall–Kier alpha value is -1.55. The third kappa shape index (κ3) is 4.85. The number of hydrogen-bond donors (Lipinski definition) is 0. The summed E-state index contributed by atoms with van der Waals surface area (Å²) < 4.78 is 5.65. The first-order chi connectivity index (χ1) is 9.66. The Morgan fingerprint density at radius 2 is 1.90 bits per heavy atom. The number of ketones is 1. The van der Waals surface area contributed by atoms with Crippen LogP contribution in [0.15, 0.2) is 34.7 Å². The lowest BCUT2D eigenvalue weighted by atomic mass is 10.2. The van der Waals surface area contributed by atoms with E-state index in [1.54, 1.807) is 18.7 Å². The minimum absolute atomic E-state index is 0.185. The molecule has 0 aliphatic carbocycles. The first-order valence-corrected chi connectivity index (χ1v) is 7.91. The number of Topliss-reactive ketones (excluding diaryl/α,β-unsaturated/α-hetero) is 1. The van der Waals surface area contributed by atoms with Gasteiger partial charge in [-0.05, 0) is 26.0 Å². The highest BCUT2D eigenvalue weighted by molar-refractivity contribution is 7.99. The van der Waals surface area contributed by atoms with Crippen LogP contribution in [-0.2, 0) is 10.5 Å². The lowest BCUT2D eigenvalue weighted by Crippen LogP contribution is -1.94. The Bertz CT molecular complexity index is 535. The van der Waals surface area contributed by atoms with Crippen molar-refractivity contribution in [1.29, 1.82) is 0 Å². The third-order valence-corrected chi connectivity index (χ3v) is 3.55. The topological polar surface area (TPSA) is 43.1 Å². The molecule has 0 aliphatic heterocycles. The van der Waals surface area contributed by atoms with Gasteiger partial charge < -0.3 is 4.42 Å². The number of rotatable bonds is 5. The molecule has 0 spiro atoms. The summed E-state index contributed by atoms with van der Waals surface area (Å²) in [7, 11) is 0. The Kier molecular flexibility index (Phi) is 7.09. The molecule has 0 amide bonds. The number of benzene rings is 1. The normalized spacial score (nSPS) is 9.80. The predicted octanol–water partition coefficient (Wildman–Crippen LogP) is 4.50. The highest BCUT2D eigenvalue weighted by Crippen LogP contribution is 2.23. The Morgan fingerprint density at radius 1 is 1.25 bits per heavy atom. The molecule has 4 heteroatoms. The van der Waals surface area contributed by atoms with Crippen molar-refractivity contribution in [2.45, 2.75) is 33.4 Å². The fraction of sp³-hybridized carbons (Fsp3) is 0.375. The van der Waals surface area contributed by atoms with Gasteiger partial charge in [0.05, 0.1) is 11.4 Å². The SMILES string of the molecule is CC.CC(=O)CSCc1nc(-c2ccccc2)oc1C. The number of carbonyl (C=O) groups excluding carboxylic acids is 1. The molecule has 1 aromatic heterocycles. The van der Waals surface area contributed by atoms with E-state index in [-0.39, 0.29) is 5.78 Å². The number of hydrogen-bond acceptors (Lipinski definition) is 4. The van der Waals surface area contributed by atoms with Gasteiger partial charge >= 0.3 is 0 Å². The highest BCUT2D eigenvalue weighted by atomic mass is 32.2. The maximum absolute atomic E-state index is 10.9. The molecule has 1 aromatic carbocycles. The van der Waals surface area contributed by atoms with Gasteiger partial charge in [-0.1, -0.05) is 32.0 Å². The van der Waals surface area contributed by atoms with Gasteiger partial charge in [0.1, 0.15) is 11.5 Å². The van der Waals surface area contributed by atoms with E-state index in [2.05, 4.69) is 4.98 Å². The molecule has 0 saturated heterocycles. The summed E-state index contributed by atoms with van der Waals surface area (Å²) in [6, 6.07) is 9.82. The van der Waals surface area contributed by atoms with E-state index in [1.165, 1.54) is 0 Å². The highest BCUT2D eigenvalue weighted by Gasteiger charge is 2.11. The fourth-order valence-electron chi connectivity index (χ4n) is 1.56. The van der Waals surface area contributed by atoms with Crippen molar-refractivity contribution in [1.82, 2.24) is 4.98 Å². The van der Waals surface area contributed by atoms with Crippen LogP contribution in [0.25, 0.3) is 11.5 Å². The van der Waals surface area contributed by atoms with Crippen molar-refractivity contribution in [2.24, 2.45) is 0 Å². The molecule has 0 aliphatic rings. The summed E-state index contributed by atoms with van der Waals surface area (Å²) in [5, 5.41) is 0. The first-order valence-electron chi connectivity index (χ1n) is 6.75. The van der Waals surface area contributed by atoms with Gasteiger partial charge in [-0.3, -0.25) is 4.79 Å². The zero-order valence-electron chi connectivity index (χ0n) is 12.5. The second-order valence-corrected chi connectivity index (χ2v) is 5.07. The average Bonchev–Trinajstić information content (AvgIpc) is 2.83. The van der Waals surface area contributed by atoms with Crippen LogP contribution in [-0.4, -0.2) is 16.5 Å². The molecule has 2 aromatic rings. The van der Waals surface area contributed by atoms with Crippen molar-refractivity contribution in [2.75, 3.05) is 5.75 Å². The minimum Gasteiger partial charge on any atom is -0.441 e. The van der Waals surface area contributed by atoms with E-state index in [9.17, 15) is 4.79 Å². The monoisotopic (exact) mass is 291 g/mol. The van der Waals surface area contributed by atoms with Crippen LogP contribution in [0, 0.1) is 6.92 Å². The van der Waals surface area contributed by atoms with Crippen LogP contribution in [0.4, 0.5) is 0 Å². The van der Waals surface area contributed by atoms with Gasteiger partial charge in [-0.15, -0.1) is 11.8 Å². The fourth-order valence-corrected chi connectivity index (χ4v) is 2.41. The van der Waals surface area contributed by atoms with E-state index in [4.69, 9.17) is 4.42 Å². The van der Waals surface area contributed by atoms with Gasteiger partial charge in [0.2, 0.25) is 5.89 Å². The predicted molar refractivity (Wildman–Crippen MR) is 84.9 cm³/mol. The van der Waals surface area contributed by atoms with Gasteiger partial charge in [-0.25, -0.2) is 4.98 Å². The molecule has 0 N–H and O–H groups in total. The van der Waals surface area contributed by atoms with Gasteiger partial charge in [0.15, 0.2) is 0 Å². The molecule has 0 bridgehead atoms. The molecule has 0 radical (unpaired) electrons. The quantitative estimate of drug-likeness (QED) is 0.813. The van der Waals surface area contributed by atoms with E-state index < -0.39 is 0 Å². The van der Waals surface area contributed by atoms with Gasteiger partial charge in [0.25, 0.3) is 0 Å². The number of oxazole rings is 1. The van der Waals surface area contributed by atoms with Crippen molar-refractivity contribution < 1.29 is 9.21 Å². The van der Waals surface area contributed by atoms with Crippen LogP contribution in [0.3, 0.4) is 0 Å². The first kappa shape index (κ1) is 16.5. The van der Waals surface area contributed by atoms with E-state index in [1.807, 2.05) is 51.1 Å². The van der Waals surface area contributed by atoms with Crippen LogP contribution >= 0.6 is 11.8 Å². The standard InChI is InChI=1S/C14H15NO2S.C2H6/c1-10(16)8-18-9-13-11(2)17-14(15-13)12-6-4-3-5-7-12;1-2/h3-7H,8-9H2,1-2H3;1-2H3. The van der Waals surface area contributed by atoms with E-state index in [0.29, 0.717) is 17.4 Å². The molecular weight excluding hydrogens is 270 g/mol. The maximum atomic E-state index is 10.9. The van der Waals surface area contributed by atoms with Crippen molar-refractivity contribution in [3.05, 3.63) is 41.8 Å². The molecular formula is C16H21NO2S. The average molecular weight is 291 g/mol. The zero-order valence-corrected chi connectivity index (χ0v) is 13.3. The van der Waals surface area contributed by atoms with E-state index in [0.717, 1.165) is 17.0 Å². The number of nitrogens with zero attached hydrogens (tertiary/aromatic N) is 1. The Labute approximate surface area is 124 Å². The van der Waals surface area contributed by atoms with Crippen LogP contribution < -0.4 is 0 Å². The zero-order chi connectivity index (χ0) is 15.0. The lowest BCUT2D eigenvalue weighted by molar-refractivity contribution is -0.114. The van der Waals surface area contributed by atoms with Crippen molar-refractivity contribution >= 4 is 17.5 Å². The summed E-state index contributed by atoms with van der Waals surface area (Å²) in [6.45, 7) is 7.50. The Morgan fingerprint density at radius 3 is 2.50 bits per heavy atom. The lowest BCUT2D eigenvalue weighted by Gasteiger charge is -1.95. The number of carbonyl (C=O) groups is 1.